The van der Waals surface area contributed by atoms with Crippen LogP contribution in [0.3, 0.4) is 0 Å². The van der Waals surface area contributed by atoms with Gasteiger partial charge in [-0.05, 0) is 17.7 Å². The van der Waals surface area contributed by atoms with Crippen LogP contribution in [0.5, 0.6) is 0 Å². The first-order chi connectivity index (χ1) is 8.69. The molecule has 18 heavy (non-hydrogen) atoms. The molecule has 1 heterocycles. The fraction of sp³-hybridized carbons (Fsp3) is 0.385. The Labute approximate surface area is 105 Å². The summed E-state index contributed by atoms with van der Waals surface area (Å²) in [7, 11) is 0. The zero-order valence-electron chi connectivity index (χ0n) is 10.4. The molecule has 5 heteroatoms. The molecule has 0 radical (unpaired) electrons. The van der Waals surface area contributed by atoms with Crippen molar-refractivity contribution in [2.75, 3.05) is 6.54 Å². The number of hydrogen-bond donors (Lipinski definition) is 3. The van der Waals surface area contributed by atoms with E-state index in [-0.39, 0.29) is 6.42 Å². The molecular formula is C13H17N3O2. The molecule has 3 N–H and O–H groups in total. The Hall–Kier alpha value is -1.88. The third kappa shape index (κ3) is 3.07. The highest BCUT2D eigenvalue weighted by atomic mass is 16.4. The van der Waals surface area contributed by atoms with Crippen molar-refractivity contribution >= 4 is 17.0 Å². The van der Waals surface area contributed by atoms with Crippen molar-refractivity contribution in [2.24, 2.45) is 0 Å². The van der Waals surface area contributed by atoms with Crippen molar-refractivity contribution in [1.29, 1.82) is 0 Å². The lowest BCUT2D eigenvalue weighted by molar-refractivity contribution is -0.136. The molecule has 2 rings (SSSR count). The average Bonchev–Trinajstić information content (AvgIpc) is 2.76. The summed E-state index contributed by atoms with van der Waals surface area (Å²) in [4.78, 5) is 18.1. The van der Waals surface area contributed by atoms with Gasteiger partial charge in [-0.25, -0.2) is 4.98 Å². The highest BCUT2D eigenvalue weighted by Gasteiger charge is 2.02. The maximum Gasteiger partial charge on any atom is 0.304 e. The fourth-order valence-corrected chi connectivity index (χ4v) is 1.82. The molecule has 0 spiro atoms. The van der Waals surface area contributed by atoms with Gasteiger partial charge in [0.2, 0.25) is 0 Å². The topological polar surface area (TPSA) is 78.0 Å². The van der Waals surface area contributed by atoms with Gasteiger partial charge in [-0.15, -0.1) is 0 Å². The summed E-state index contributed by atoms with van der Waals surface area (Å²) in [5.41, 5.74) is 3.13. The minimum absolute atomic E-state index is 0.145. The smallest absolute Gasteiger partial charge is 0.304 e. The number of aromatic amines is 1. The van der Waals surface area contributed by atoms with E-state index in [9.17, 15) is 4.79 Å². The summed E-state index contributed by atoms with van der Waals surface area (Å²) in [5.74, 6) is 0.208. The maximum absolute atomic E-state index is 10.4. The number of aromatic nitrogens is 2. The van der Waals surface area contributed by atoms with E-state index in [1.54, 1.807) is 0 Å². The number of benzene rings is 1. The van der Waals surface area contributed by atoms with Crippen LogP contribution in [0.1, 0.15) is 24.7 Å². The molecule has 0 aliphatic heterocycles. The number of aryl methyl sites for hydroxylation is 1. The van der Waals surface area contributed by atoms with Crippen LogP contribution in [0.4, 0.5) is 0 Å². The summed E-state index contributed by atoms with van der Waals surface area (Å²) in [5, 5.41) is 11.6. The Kier molecular flexibility index (Phi) is 3.94. The summed E-state index contributed by atoms with van der Waals surface area (Å²) in [6.45, 7) is 3.21. The molecule has 2 aromatic rings. The van der Waals surface area contributed by atoms with Gasteiger partial charge in [-0.3, -0.25) is 4.79 Å². The van der Waals surface area contributed by atoms with E-state index >= 15 is 0 Å². The number of nitrogens with zero attached hydrogens (tertiary/aromatic N) is 1. The number of imidazole rings is 1. The van der Waals surface area contributed by atoms with Crippen LogP contribution in [0.25, 0.3) is 11.0 Å². The minimum Gasteiger partial charge on any atom is -0.481 e. The summed E-state index contributed by atoms with van der Waals surface area (Å²) < 4.78 is 0. The van der Waals surface area contributed by atoms with Gasteiger partial charge >= 0.3 is 5.97 Å². The van der Waals surface area contributed by atoms with Crippen LogP contribution in [-0.2, 0) is 17.8 Å². The third-order valence-electron chi connectivity index (χ3n) is 2.77. The molecule has 0 saturated carbocycles. The van der Waals surface area contributed by atoms with Crippen molar-refractivity contribution in [3.8, 4) is 0 Å². The third-order valence-corrected chi connectivity index (χ3v) is 2.77. The number of rotatable bonds is 6. The Balaban J connectivity index is 1.98. The molecule has 0 saturated heterocycles. The Morgan fingerprint density at radius 3 is 3.06 bits per heavy atom. The van der Waals surface area contributed by atoms with Crippen molar-refractivity contribution in [3.05, 3.63) is 29.6 Å². The molecule has 0 aliphatic rings. The monoisotopic (exact) mass is 247 g/mol. The SMILES string of the molecule is CCc1nc2ccc(CNCCC(=O)O)cc2[nH]1. The second-order valence-electron chi connectivity index (χ2n) is 4.21. The standard InChI is InChI=1S/C13H17N3O2/c1-2-12-15-10-4-3-9(7-11(10)16-12)8-14-6-5-13(17)18/h3-4,7,14H,2,5-6,8H2,1H3,(H,15,16)(H,17,18). The molecule has 0 atom stereocenters. The quantitative estimate of drug-likeness (QED) is 0.679. The average molecular weight is 247 g/mol. The van der Waals surface area contributed by atoms with Crippen LogP contribution < -0.4 is 5.32 Å². The molecule has 0 bridgehead atoms. The zero-order chi connectivity index (χ0) is 13.0. The molecule has 0 aliphatic carbocycles. The zero-order valence-corrected chi connectivity index (χ0v) is 10.4. The number of carboxylic acids is 1. The van der Waals surface area contributed by atoms with Crippen LogP contribution in [-0.4, -0.2) is 27.6 Å². The van der Waals surface area contributed by atoms with Crippen molar-refractivity contribution in [3.63, 3.8) is 0 Å². The van der Waals surface area contributed by atoms with Crippen molar-refractivity contribution in [2.45, 2.75) is 26.3 Å². The number of nitrogens with one attached hydrogen (secondary N) is 2. The highest BCUT2D eigenvalue weighted by Crippen LogP contribution is 2.14. The molecule has 0 amide bonds. The normalized spacial score (nSPS) is 10.9. The Morgan fingerprint density at radius 1 is 1.50 bits per heavy atom. The van der Waals surface area contributed by atoms with E-state index in [1.807, 2.05) is 12.1 Å². The molecule has 0 fully saturated rings. The lowest BCUT2D eigenvalue weighted by atomic mass is 10.2. The van der Waals surface area contributed by atoms with Gasteiger partial charge in [0.05, 0.1) is 17.5 Å². The van der Waals surface area contributed by atoms with Crippen LogP contribution in [0.2, 0.25) is 0 Å². The molecule has 1 aromatic heterocycles. The number of H-pyrrole nitrogens is 1. The van der Waals surface area contributed by atoms with Gasteiger partial charge in [0, 0.05) is 19.5 Å². The Bertz CT molecular complexity index is 548. The van der Waals surface area contributed by atoms with Gasteiger partial charge in [0.15, 0.2) is 0 Å². The minimum atomic E-state index is -0.779. The van der Waals surface area contributed by atoms with Gasteiger partial charge < -0.3 is 15.4 Å². The number of hydrogen-bond acceptors (Lipinski definition) is 3. The van der Waals surface area contributed by atoms with E-state index in [1.165, 1.54) is 0 Å². The molecular weight excluding hydrogens is 230 g/mol. The Morgan fingerprint density at radius 2 is 2.33 bits per heavy atom. The predicted octanol–water partition coefficient (Wildman–Crippen LogP) is 1.69. The van der Waals surface area contributed by atoms with Crippen molar-refractivity contribution in [1.82, 2.24) is 15.3 Å². The van der Waals surface area contributed by atoms with Crippen molar-refractivity contribution < 1.29 is 9.90 Å². The first kappa shape index (κ1) is 12.6. The molecule has 1 aromatic carbocycles. The number of carboxylic acid groups (broad SMARTS) is 1. The molecule has 0 unspecified atom stereocenters. The fourth-order valence-electron chi connectivity index (χ4n) is 1.82. The maximum atomic E-state index is 10.4. The lowest BCUT2D eigenvalue weighted by Gasteiger charge is -2.03. The highest BCUT2D eigenvalue weighted by molar-refractivity contribution is 5.75. The molecule has 5 nitrogen and oxygen atoms in total. The summed E-state index contributed by atoms with van der Waals surface area (Å²) >= 11 is 0. The van der Waals surface area contributed by atoms with E-state index in [4.69, 9.17) is 5.11 Å². The number of carbonyl (C=O) groups is 1. The largest absolute Gasteiger partial charge is 0.481 e. The molecule has 96 valence electrons. The van der Waals surface area contributed by atoms with E-state index in [0.29, 0.717) is 13.1 Å². The summed E-state index contributed by atoms with van der Waals surface area (Å²) in [6, 6.07) is 6.05. The summed E-state index contributed by atoms with van der Waals surface area (Å²) in [6.07, 6.45) is 1.03. The van der Waals surface area contributed by atoms with Gasteiger partial charge in [-0.2, -0.15) is 0 Å². The second kappa shape index (κ2) is 5.64. The van der Waals surface area contributed by atoms with E-state index in [2.05, 4.69) is 28.3 Å². The van der Waals surface area contributed by atoms with Crippen LogP contribution >= 0.6 is 0 Å². The number of fused-ring (bicyclic) bond motifs is 1. The van der Waals surface area contributed by atoms with E-state index < -0.39 is 5.97 Å². The lowest BCUT2D eigenvalue weighted by Crippen LogP contribution is -2.17. The van der Waals surface area contributed by atoms with Crippen LogP contribution in [0.15, 0.2) is 18.2 Å². The van der Waals surface area contributed by atoms with Crippen LogP contribution in [0, 0.1) is 0 Å². The first-order valence-corrected chi connectivity index (χ1v) is 6.09. The number of aliphatic carboxylic acids is 1. The van der Waals surface area contributed by atoms with Gasteiger partial charge in [0.1, 0.15) is 5.82 Å². The van der Waals surface area contributed by atoms with E-state index in [0.717, 1.165) is 28.8 Å². The predicted molar refractivity (Wildman–Crippen MR) is 69.4 cm³/mol. The first-order valence-electron chi connectivity index (χ1n) is 6.09. The van der Waals surface area contributed by atoms with Gasteiger partial charge in [-0.1, -0.05) is 13.0 Å². The van der Waals surface area contributed by atoms with Gasteiger partial charge in [0.25, 0.3) is 0 Å². The second-order valence-corrected chi connectivity index (χ2v) is 4.21.